The van der Waals surface area contributed by atoms with Crippen molar-refractivity contribution in [2.45, 2.75) is 16.5 Å². The fourth-order valence-electron chi connectivity index (χ4n) is 2.34. The number of nitrogens with zero attached hydrogens (tertiary/aromatic N) is 4. The number of carbonyl (C=O) groups is 1. The van der Waals surface area contributed by atoms with Crippen LogP contribution in [0.5, 0.6) is 0 Å². The van der Waals surface area contributed by atoms with E-state index in [9.17, 15) is 14.9 Å². The van der Waals surface area contributed by atoms with Gasteiger partial charge < -0.3 is 9.67 Å². The molecule has 0 unspecified atom stereocenters. The van der Waals surface area contributed by atoms with Crippen LogP contribution in [-0.2, 0) is 13.5 Å². The average Bonchev–Trinajstić information content (AvgIpc) is 2.96. The Morgan fingerprint density at radius 1 is 1.23 bits per heavy atom. The Morgan fingerprint density at radius 3 is 2.62 bits per heavy atom. The number of nitro groups is 1. The third kappa shape index (κ3) is 3.72. The van der Waals surface area contributed by atoms with Crippen molar-refractivity contribution in [1.29, 1.82) is 0 Å². The van der Waals surface area contributed by atoms with Gasteiger partial charge in [0.25, 0.3) is 5.69 Å². The molecule has 9 heteroatoms. The van der Waals surface area contributed by atoms with Gasteiger partial charge in [-0.05, 0) is 29.5 Å². The molecule has 2 aromatic carbocycles. The SMILES string of the molecule is Cn1c(Cc2ccccc2)nnc1Sc1ccc(C(=O)O)cc1[N+](=O)[O-]. The van der Waals surface area contributed by atoms with Gasteiger partial charge in [0.2, 0.25) is 0 Å². The topological polar surface area (TPSA) is 111 Å². The number of benzene rings is 2. The second-order valence-corrected chi connectivity index (χ2v) is 6.48. The molecule has 1 aromatic heterocycles. The molecule has 0 saturated carbocycles. The first kappa shape index (κ1) is 17.6. The molecular formula is C17H14N4O4S. The van der Waals surface area contributed by atoms with Crippen LogP contribution in [0, 0.1) is 10.1 Å². The van der Waals surface area contributed by atoms with E-state index in [0.717, 1.165) is 29.2 Å². The largest absolute Gasteiger partial charge is 0.478 e. The first-order valence-corrected chi connectivity index (χ1v) is 8.39. The van der Waals surface area contributed by atoms with Crippen LogP contribution in [-0.4, -0.2) is 30.8 Å². The maximum absolute atomic E-state index is 11.3. The van der Waals surface area contributed by atoms with Crippen LogP contribution in [0.1, 0.15) is 21.7 Å². The van der Waals surface area contributed by atoms with E-state index in [1.807, 2.05) is 30.3 Å². The zero-order valence-electron chi connectivity index (χ0n) is 13.7. The Bertz CT molecular complexity index is 972. The summed E-state index contributed by atoms with van der Waals surface area (Å²) in [5, 5.41) is 29.0. The summed E-state index contributed by atoms with van der Waals surface area (Å²) >= 11 is 1.08. The molecule has 8 nitrogen and oxygen atoms in total. The summed E-state index contributed by atoms with van der Waals surface area (Å²) < 4.78 is 1.77. The third-order valence-electron chi connectivity index (χ3n) is 3.73. The van der Waals surface area contributed by atoms with Crippen LogP contribution in [0.2, 0.25) is 0 Å². The number of rotatable bonds is 6. The predicted molar refractivity (Wildman–Crippen MR) is 94.4 cm³/mol. The fraction of sp³-hybridized carbons (Fsp3) is 0.118. The molecule has 3 rings (SSSR count). The van der Waals surface area contributed by atoms with Crippen molar-refractivity contribution in [3.8, 4) is 0 Å². The summed E-state index contributed by atoms with van der Waals surface area (Å²) in [5.74, 6) is -0.489. The molecule has 0 saturated heterocycles. The van der Waals surface area contributed by atoms with Gasteiger partial charge in [-0.2, -0.15) is 0 Å². The lowest BCUT2D eigenvalue weighted by molar-refractivity contribution is -0.387. The van der Waals surface area contributed by atoms with E-state index in [1.54, 1.807) is 11.6 Å². The molecule has 26 heavy (non-hydrogen) atoms. The summed E-state index contributed by atoms with van der Waals surface area (Å²) in [4.78, 5) is 22.0. The monoisotopic (exact) mass is 370 g/mol. The van der Waals surface area contributed by atoms with Gasteiger partial charge >= 0.3 is 5.97 Å². The molecular weight excluding hydrogens is 356 g/mol. The highest BCUT2D eigenvalue weighted by Gasteiger charge is 2.20. The molecule has 0 bridgehead atoms. The van der Waals surface area contributed by atoms with Crippen molar-refractivity contribution < 1.29 is 14.8 Å². The molecule has 0 atom stereocenters. The quantitative estimate of drug-likeness (QED) is 0.524. The molecule has 0 aliphatic carbocycles. The van der Waals surface area contributed by atoms with E-state index in [0.29, 0.717) is 16.5 Å². The minimum atomic E-state index is -1.21. The number of aromatic carboxylic acids is 1. The van der Waals surface area contributed by atoms with Crippen LogP contribution in [0.15, 0.2) is 58.6 Å². The van der Waals surface area contributed by atoms with Crippen LogP contribution in [0.25, 0.3) is 0 Å². The molecule has 0 radical (unpaired) electrons. The van der Waals surface area contributed by atoms with E-state index in [1.165, 1.54) is 12.1 Å². The summed E-state index contributed by atoms with van der Waals surface area (Å²) in [6.45, 7) is 0. The molecule has 1 heterocycles. The van der Waals surface area contributed by atoms with E-state index < -0.39 is 10.9 Å². The zero-order valence-corrected chi connectivity index (χ0v) is 14.5. The fourth-order valence-corrected chi connectivity index (χ4v) is 3.24. The van der Waals surface area contributed by atoms with Gasteiger partial charge in [-0.15, -0.1) is 10.2 Å². The van der Waals surface area contributed by atoms with Crippen molar-refractivity contribution in [1.82, 2.24) is 14.8 Å². The highest BCUT2D eigenvalue weighted by molar-refractivity contribution is 7.99. The summed E-state index contributed by atoms with van der Waals surface area (Å²) in [7, 11) is 1.79. The van der Waals surface area contributed by atoms with E-state index >= 15 is 0 Å². The van der Waals surface area contributed by atoms with Crippen LogP contribution in [0.3, 0.4) is 0 Å². The van der Waals surface area contributed by atoms with E-state index in [2.05, 4.69) is 10.2 Å². The second kappa shape index (κ2) is 7.36. The first-order valence-electron chi connectivity index (χ1n) is 7.57. The normalized spacial score (nSPS) is 10.7. The molecule has 0 aliphatic rings. The molecule has 1 N–H and O–H groups in total. The summed E-state index contributed by atoms with van der Waals surface area (Å²) in [5.41, 5.74) is 0.669. The highest BCUT2D eigenvalue weighted by Crippen LogP contribution is 2.34. The van der Waals surface area contributed by atoms with Gasteiger partial charge in [0.1, 0.15) is 5.82 Å². The number of carboxylic acids is 1. The third-order valence-corrected chi connectivity index (χ3v) is 4.84. The Morgan fingerprint density at radius 2 is 1.96 bits per heavy atom. The average molecular weight is 370 g/mol. The number of nitro benzene ring substituents is 1. The zero-order chi connectivity index (χ0) is 18.7. The molecule has 0 fully saturated rings. The molecule has 3 aromatic rings. The Hall–Kier alpha value is -3.20. The van der Waals surface area contributed by atoms with Crippen LogP contribution < -0.4 is 0 Å². The Kier molecular flexibility index (Phi) is 4.99. The van der Waals surface area contributed by atoms with Gasteiger partial charge in [-0.25, -0.2) is 4.79 Å². The Balaban J connectivity index is 1.88. The van der Waals surface area contributed by atoms with Crippen molar-refractivity contribution in [3.63, 3.8) is 0 Å². The number of aromatic nitrogens is 3. The maximum Gasteiger partial charge on any atom is 0.335 e. The first-order chi connectivity index (χ1) is 12.5. The van der Waals surface area contributed by atoms with Crippen LogP contribution in [0.4, 0.5) is 5.69 Å². The minimum absolute atomic E-state index is 0.135. The lowest BCUT2D eigenvalue weighted by Crippen LogP contribution is -2.01. The van der Waals surface area contributed by atoms with E-state index in [-0.39, 0.29) is 11.3 Å². The number of hydrogen-bond donors (Lipinski definition) is 1. The standard InChI is InChI=1S/C17H14N4O4S/c1-20-15(9-11-5-3-2-4-6-11)18-19-17(20)26-14-8-7-12(16(22)23)10-13(14)21(24)25/h2-8,10H,9H2,1H3,(H,22,23). The van der Waals surface area contributed by atoms with Crippen molar-refractivity contribution in [2.75, 3.05) is 0 Å². The number of hydrogen-bond acceptors (Lipinski definition) is 6. The van der Waals surface area contributed by atoms with Gasteiger partial charge in [0.15, 0.2) is 5.16 Å². The van der Waals surface area contributed by atoms with Gasteiger partial charge in [0.05, 0.1) is 15.4 Å². The second-order valence-electron chi connectivity index (χ2n) is 5.47. The molecule has 0 amide bonds. The maximum atomic E-state index is 11.3. The van der Waals surface area contributed by atoms with Gasteiger partial charge in [-0.1, -0.05) is 30.3 Å². The predicted octanol–water partition coefficient (Wildman–Crippen LogP) is 3.16. The van der Waals surface area contributed by atoms with Gasteiger partial charge in [0, 0.05) is 19.5 Å². The molecule has 0 spiro atoms. The highest BCUT2D eigenvalue weighted by atomic mass is 32.2. The summed E-state index contributed by atoms with van der Waals surface area (Å²) in [6, 6.07) is 13.6. The van der Waals surface area contributed by atoms with Crippen molar-refractivity contribution >= 4 is 23.4 Å². The van der Waals surface area contributed by atoms with Crippen molar-refractivity contribution in [3.05, 3.63) is 75.6 Å². The molecule has 0 aliphatic heterocycles. The lowest BCUT2D eigenvalue weighted by Gasteiger charge is -2.05. The van der Waals surface area contributed by atoms with Gasteiger partial charge in [-0.3, -0.25) is 10.1 Å². The summed E-state index contributed by atoms with van der Waals surface area (Å²) in [6.07, 6.45) is 0.588. The minimum Gasteiger partial charge on any atom is -0.478 e. The Labute approximate surface area is 152 Å². The molecule has 132 valence electrons. The smallest absolute Gasteiger partial charge is 0.335 e. The van der Waals surface area contributed by atoms with Crippen LogP contribution >= 0.6 is 11.8 Å². The van der Waals surface area contributed by atoms with Crippen molar-refractivity contribution in [2.24, 2.45) is 7.05 Å². The lowest BCUT2D eigenvalue weighted by atomic mass is 10.1. The number of carboxylic acid groups (broad SMARTS) is 1. The van der Waals surface area contributed by atoms with E-state index in [4.69, 9.17) is 5.11 Å².